The molecule has 0 unspecified atom stereocenters. The molecular formula is C36H72. The van der Waals surface area contributed by atoms with E-state index in [0.29, 0.717) is 0 Å². The number of allylic oxidation sites excluding steroid dienone is 5. The normalized spacial score (nSPS) is 10.4. The van der Waals surface area contributed by atoms with Crippen LogP contribution in [0.1, 0.15) is 196 Å². The molecule has 0 aromatic heterocycles. The quantitative estimate of drug-likeness (QED) is 0.0958. The topological polar surface area (TPSA) is 0 Å². The van der Waals surface area contributed by atoms with Gasteiger partial charge in [0, 0.05) is 0 Å². The van der Waals surface area contributed by atoms with Gasteiger partial charge in [0.25, 0.3) is 0 Å². The highest BCUT2D eigenvalue weighted by Crippen LogP contribution is 2.22. The van der Waals surface area contributed by atoms with Gasteiger partial charge in [0.2, 0.25) is 0 Å². The Kier molecular flexibility index (Phi) is 42.8. The average molecular weight is 505 g/mol. The molecule has 0 aliphatic heterocycles. The Morgan fingerprint density at radius 2 is 0.861 bits per heavy atom. The van der Waals surface area contributed by atoms with Gasteiger partial charge in [-0.1, -0.05) is 161 Å². The lowest BCUT2D eigenvalue weighted by molar-refractivity contribution is 0.601. The molecule has 0 amide bonds. The molecule has 0 heterocycles. The number of unbranched alkanes of at least 4 members (excludes halogenated alkanes) is 16. The van der Waals surface area contributed by atoms with E-state index in [1.807, 2.05) is 6.08 Å². The predicted octanol–water partition coefficient (Wildman–Crippen LogP) is 14.1. The van der Waals surface area contributed by atoms with E-state index in [4.69, 9.17) is 0 Å². The van der Waals surface area contributed by atoms with Gasteiger partial charge >= 0.3 is 0 Å². The Balaban J connectivity index is -0.000000476. The smallest absolute Gasteiger partial charge is 0.0318 e. The maximum absolute atomic E-state index is 3.69. The first-order valence-corrected chi connectivity index (χ1v) is 16.5. The Morgan fingerprint density at radius 1 is 0.472 bits per heavy atom. The van der Waals surface area contributed by atoms with Crippen molar-refractivity contribution < 1.29 is 0 Å². The van der Waals surface area contributed by atoms with Crippen LogP contribution in [0.2, 0.25) is 0 Å². The molecule has 0 bridgehead atoms. The van der Waals surface area contributed by atoms with Crippen LogP contribution in [0.5, 0.6) is 0 Å². The van der Waals surface area contributed by atoms with Crippen LogP contribution in [-0.4, -0.2) is 0 Å². The summed E-state index contributed by atoms with van der Waals surface area (Å²) in [6.07, 6.45) is 37.9. The summed E-state index contributed by atoms with van der Waals surface area (Å²) in [4.78, 5) is 0. The van der Waals surface area contributed by atoms with Crippen LogP contribution in [0.4, 0.5) is 0 Å². The van der Waals surface area contributed by atoms with Gasteiger partial charge < -0.3 is 0 Å². The molecule has 0 saturated heterocycles. The largest absolute Gasteiger partial charge is 0.103 e. The fourth-order valence-corrected chi connectivity index (χ4v) is 4.57. The first kappa shape index (κ1) is 39.7. The van der Waals surface area contributed by atoms with Crippen molar-refractivity contribution in [2.75, 3.05) is 0 Å². The number of hydrogen-bond donors (Lipinski definition) is 0. The minimum absolute atomic E-state index is 1.20. The lowest BCUT2D eigenvalue weighted by Crippen LogP contribution is -1.91. The van der Waals surface area contributed by atoms with Gasteiger partial charge in [0.1, 0.15) is 0 Å². The first-order chi connectivity index (χ1) is 17.6. The summed E-state index contributed by atoms with van der Waals surface area (Å²) < 4.78 is 0. The third-order valence-electron chi connectivity index (χ3n) is 7.08. The zero-order valence-electron chi connectivity index (χ0n) is 26.7. The van der Waals surface area contributed by atoms with E-state index in [0.717, 1.165) is 0 Å². The molecule has 0 aromatic rings. The molecule has 0 N–H and O–H groups in total. The molecule has 0 fully saturated rings. The third-order valence-corrected chi connectivity index (χ3v) is 7.08. The Morgan fingerprint density at radius 3 is 1.25 bits per heavy atom. The molecule has 216 valence electrons. The first-order valence-electron chi connectivity index (χ1n) is 16.5. The molecule has 36 heavy (non-hydrogen) atoms. The predicted molar refractivity (Wildman–Crippen MR) is 172 cm³/mol. The van der Waals surface area contributed by atoms with Gasteiger partial charge in [0.15, 0.2) is 0 Å². The molecule has 0 atom stereocenters. The highest BCUT2D eigenvalue weighted by molar-refractivity contribution is 5.13. The second kappa shape index (κ2) is 38.7. The second-order valence-corrected chi connectivity index (χ2v) is 10.4. The van der Waals surface area contributed by atoms with E-state index in [1.54, 1.807) is 11.1 Å². The molecule has 0 spiro atoms. The maximum Gasteiger partial charge on any atom is -0.0318 e. The van der Waals surface area contributed by atoms with Crippen molar-refractivity contribution in [2.24, 2.45) is 0 Å². The maximum atomic E-state index is 3.69. The van der Waals surface area contributed by atoms with E-state index >= 15 is 0 Å². The van der Waals surface area contributed by atoms with Crippen LogP contribution < -0.4 is 0 Å². The van der Waals surface area contributed by atoms with Gasteiger partial charge in [0.05, 0.1) is 0 Å². The fourth-order valence-electron chi connectivity index (χ4n) is 4.57. The van der Waals surface area contributed by atoms with Crippen molar-refractivity contribution in [3.63, 3.8) is 0 Å². The van der Waals surface area contributed by atoms with Gasteiger partial charge in [-0.05, 0) is 64.7 Å². The Hall–Kier alpha value is -0.780. The molecule has 0 aromatic carbocycles. The van der Waals surface area contributed by atoms with Gasteiger partial charge in [-0.15, -0.1) is 6.58 Å². The molecule has 0 heteroatoms. The van der Waals surface area contributed by atoms with Crippen molar-refractivity contribution in [2.45, 2.75) is 196 Å². The van der Waals surface area contributed by atoms with E-state index in [1.165, 1.54) is 148 Å². The monoisotopic (exact) mass is 505 g/mol. The summed E-state index contributed by atoms with van der Waals surface area (Å²) in [6.45, 7) is 19.5. The summed E-state index contributed by atoms with van der Waals surface area (Å²) in [6, 6.07) is 0. The summed E-state index contributed by atoms with van der Waals surface area (Å²) in [7, 11) is 0. The number of rotatable bonds is 23. The molecule has 0 nitrogen and oxygen atoms in total. The second-order valence-electron chi connectivity index (χ2n) is 10.4. The zero-order chi connectivity index (χ0) is 27.5. The van der Waals surface area contributed by atoms with Crippen LogP contribution in [0.3, 0.4) is 0 Å². The summed E-state index contributed by atoms with van der Waals surface area (Å²) in [5.74, 6) is 0. The van der Waals surface area contributed by atoms with Crippen molar-refractivity contribution in [1.29, 1.82) is 0 Å². The number of hydrogen-bond acceptors (Lipinski definition) is 0. The molecule has 0 radical (unpaired) electrons. The van der Waals surface area contributed by atoms with Crippen molar-refractivity contribution >= 4 is 0 Å². The van der Waals surface area contributed by atoms with Gasteiger partial charge in [-0.3, -0.25) is 0 Å². The highest BCUT2D eigenvalue weighted by atomic mass is 14.1. The molecule has 0 rings (SSSR count). The van der Waals surface area contributed by atoms with E-state index in [-0.39, 0.29) is 0 Å². The van der Waals surface area contributed by atoms with Crippen LogP contribution in [0, 0.1) is 0 Å². The minimum Gasteiger partial charge on any atom is -0.103 e. The minimum atomic E-state index is 1.20. The average Bonchev–Trinajstić information content (AvgIpc) is 2.90. The van der Waals surface area contributed by atoms with Gasteiger partial charge in [-0.25, -0.2) is 0 Å². The van der Waals surface area contributed by atoms with Gasteiger partial charge in [-0.2, -0.15) is 0 Å². The van der Waals surface area contributed by atoms with Crippen molar-refractivity contribution in [3.8, 4) is 0 Å². The molecule has 0 saturated carbocycles. The fraction of sp³-hybridized carbons (Fsp3) is 0.833. The molecular weight excluding hydrogens is 432 g/mol. The summed E-state index contributed by atoms with van der Waals surface area (Å²) in [5.41, 5.74) is 3.47. The van der Waals surface area contributed by atoms with Crippen LogP contribution in [0.15, 0.2) is 36.0 Å². The third kappa shape index (κ3) is 35.4. The van der Waals surface area contributed by atoms with E-state index in [9.17, 15) is 0 Å². The summed E-state index contributed by atoms with van der Waals surface area (Å²) in [5, 5.41) is 0. The van der Waals surface area contributed by atoms with Crippen LogP contribution >= 0.6 is 0 Å². The van der Waals surface area contributed by atoms with E-state index < -0.39 is 0 Å². The standard InChI is InChI=1S/C16H32.2C10H20/c1-5-9-10-11-12-13-14-16(8-4)15(6-2)7-3;2*1-3-5-7-9-10-8-6-4-2/h5-14H2,1-4H3;3,5H,4,6-10H2,1-2H3;3H,1,4-10H2,2H3. The molecule has 0 aliphatic rings. The van der Waals surface area contributed by atoms with Crippen molar-refractivity contribution in [3.05, 3.63) is 36.0 Å². The summed E-state index contributed by atoms with van der Waals surface area (Å²) >= 11 is 0. The Labute approximate surface area is 231 Å². The SMILES string of the molecule is C=CCCCCCCCC.CC=CCCCCCCC.CCCCCCCCC(CC)=C(CC)CC. The van der Waals surface area contributed by atoms with Crippen molar-refractivity contribution in [1.82, 2.24) is 0 Å². The molecule has 0 aliphatic carbocycles. The lowest BCUT2D eigenvalue weighted by atomic mass is 9.96. The Bertz CT molecular complexity index is 433. The zero-order valence-corrected chi connectivity index (χ0v) is 26.7. The highest BCUT2D eigenvalue weighted by Gasteiger charge is 2.01. The van der Waals surface area contributed by atoms with Crippen LogP contribution in [-0.2, 0) is 0 Å². The lowest BCUT2D eigenvalue weighted by Gasteiger charge is -2.11. The van der Waals surface area contributed by atoms with E-state index in [2.05, 4.69) is 67.2 Å². The van der Waals surface area contributed by atoms with Crippen LogP contribution in [0.25, 0.3) is 0 Å².